The molecule has 2 aromatic carbocycles. The lowest BCUT2D eigenvalue weighted by Crippen LogP contribution is -2.51. The summed E-state index contributed by atoms with van der Waals surface area (Å²) in [6, 6.07) is 15.2. The van der Waals surface area contributed by atoms with Gasteiger partial charge in [0, 0.05) is 31.7 Å². The average molecular weight is 380 g/mol. The van der Waals surface area contributed by atoms with Crippen LogP contribution in [0.1, 0.15) is 35.2 Å². The van der Waals surface area contributed by atoms with Gasteiger partial charge in [0.05, 0.1) is 5.92 Å². The van der Waals surface area contributed by atoms with Gasteiger partial charge in [0.15, 0.2) is 11.5 Å². The molecule has 2 aromatic rings. The number of rotatable bonds is 4. The number of hydrogen-bond acceptors (Lipinski definition) is 4. The Labute approximate surface area is 164 Å². The summed E-state index contributed by atoms with van der Waals surface area (Å²) in [6.45, 7) is 4.40. The van der Waals surface area contributed by atoms with E-state index >= 15 is 0 Å². The summed E-state index contributed by atoms with van der Waals surface area (Å²) in [5, 5.41) is 0. The van der Waals surface area contributed by atoms with Gasteiger partial charge in [-0.15, -0.1) is 0 Å². The molecule has 146 valence electrons. The molecule has 0 saturated carbocycles. The fourth-order valence-electron chi connectivity index (χ4n) is 3.80. The maximum atomic E-state index is 13.0. The van der Waals surface area contributed by atoms with Crippen molar-refractivity contribution in [2.75, 3.05) is 33.0 Å². The van der Waals surface area contributed by atoms with Crippen molar-refractivity contribution in [3.63, 3.8) is 0 Å². The first-order chi connectivity index (χ1) is 13.7. The van der Waals surface area contributed by atoms with Crippen LogP contribution in [0.2, 0.25) is 0 Å². The van der Waals surface area contributed by atoms with Gasteiger partial charge in [-0.2, -0.15) is 0 Å². The van der Waals surface area contributed by atoms with E-state index < -0.39 is 0 Å². The van der Waals surface area contributed by atoms with Crippen LogP contribution < -0.4 is 9.47 Å². The normalized spacial score (nSPS) is 16.8. The molecule has 2 amide bonds. The zero-order valence-electron chi connectivity index (χ0n) is 16.0. The van der Waals surface area contributed by atoms with Crippen molar-refractivity contribution in [1.29, 1.82) is 0 Å². The standard InChI is InChI=1S/C22H24N2O4/c1-2-18(16-6-4-3-5-7-16)22(26)24-12-10-23(11-13-24)21(25)17-8-9-19-20(14-17)28-15-27-19/h3-9,14,18H,2,10-13,15H2,1H3/t18-/m1/s1. The van der Waals surface area contributed by atoms with Gasteiger partial charge in [-0.25, -0.2) is 0 Å². The fraction of sp³-hybridized carbons (Fsp3) is 0.364. The fourth-order valence-corrected chi connectivity index (χ4v) is 3.80. The van der Waals surface area contributed by atoms with Gasteiger partial charge in [-0.05, 0) is 30.2 Å². The van der Waals surface area contributed by atoms with Crippen LogP contribution in [-0.2, 0) is 4.79 Å². The van der Waals surface area contributed by atoms with Crippen molar-refractivity contribution >= 4 is 11.8 Å². The summed E-state index contributed by atoms with van der Waals surface area (Å²) in [5.41, 5.74) is 1.63. The Morgan fingerprint density at radius 1 is 0.929 bits per heavy atom. The number of carbonyl (C=O) groups excluding carboxylic acids is 2. The molecule has 0 N–H and O–H groups in total. The number of amides is 2. The van der Waals surface area contributed by atoms with Crippen molar-refractivity contribution in [1.82, 2.24) is 9.80 Å². The number of fused-ring (bicyclic) bond motifs is 1. The molecular weight excluding hydrogens is 356 g/mol. The molecule has 2 heterocycles. The highest BCUT2D eigenvalue weighted by Gasteiger charge is 2.29. The number of ether oxygens (including phenoxy) is 2. The van der Waals surface area contributed by atoms with E-state index in [1.807, 2.05) is 42.2 Å². The summed E-state index contributed by atoms with van der Waals surface area (Å²) in [7, 11) is 0. The van der Waals surface area contributed by atoms with E-state index in [9.17, 15) is 9.59 Å². The molecule has 4 rings (SSSR count). The third-order valence-electron chi connectivity index (χ3n) is 5.41. The molecular formula is C22H24N2O4. The molecule has 2 aliphatic rings. The van der Waals surface area contributed by atoms with Gasteiger partial charge in [0.1, 0.15) is 0 Å². The molecule has 0 aliphatic carbocycles. The van der Waals surface area contributed by atoms with Crippen molar-refractivity contribution in [2.24, 2.45) is 0 Å². The second-order valence-electron chi connectivity index (χ2n) is 7.06. The first kappa shape index (κ1) is 18.3. The SMILES string of the molecule is CC[C@@H](C(=O)N1CCN(C(=O)c2ccc3c(c2)OCO3)CC1)c1ccccc1. The minimum atomic E-state index is -0.127. The topological polar surface area (TPSA) is 59.1 Å². The summed E-state index contributed by atoms with van der Waals surface area (Å²) in [6.07, 6.45) is 0.763. The quantitative estimate of drug-likeness (QED) is 0.818. The number of carbonyl (C=O) groups is 2. The van der Waals surface area contributed by atoms with E-state index in [1.54, 1.807) is 23.1 Å². The predicted octanol–water partition coefficient (Wildman–Crippen LogP) is 2.89. The van der Waals surface area contributed by atoms with Crippen LogP contribution in [0.25, 0.3) is 0 Å². The predicted molar refractivity (Wildman–Crippen MR) is 105 cm³/mol. The van der Waals surface area contributed by atoms with E-state index in [-0.39, 0.29) is 24.5 Å². The first-order valence-corrected chi connectivity index (χ1v) is 9.70. The Hall–Kier alpha value is -3.02. The van der Waals surface area contributed by atoms with Crippen LogP contribution in [0.4, 0.5) is 0 Å². The highest BCUT2D eigenvalue weighted by atomic mass is 16.7. The van der Waals surface area contributed by atoms with Gasteiger partial charge in [-0.1, -0.05) is 37.3 Å². The average Bonchev–Trinajstić information content (AvgIpc) is 3.22. The second kappa shape index (κ2) is 7.92. The van der Waals surface area contributed by atoms with Gasteiger partial charge >= 0.3 is 0 Å². The highest BCUT2D eigenvalue weighted by molar-refractivity contribution is 5.95. The number of nitrogens with zero attached hydrogens (tertiary/aromatic N) is 2. The molecule has 1 atom stereocenters. The lowest BCUT2D eigenvalue weighted by atomic mass is 9.95. The lowest BCUT2D eigenvalue weighted by molar-refractivity contribution is -0.134. The molecule has 0 spiro atoms. The van der Waals surface area contributed by atoms with Crippen LogP contribution >= 0.6 is 0 Å². The largest absolute Gasteiger partial charge is 0.454 e. The molecule has 0 aromatic heterocycles. The summed E-state index contributed by atoms with van der Waals surface area (Å²) >= 11 is 0. The Kier molecular flexibility index (Phi) is 5.19. The zero-order valence-corrected chi connectivity index (χ0v) is 16.0. The summed E-state index contributed by atoms with van der Waals surface area (Å²) < 4.78 is 10.7. The number of piperazine rings is 1. The van der Waals surface area contributed by atoms with Crippen LogP contribution in [-0.4, -0.2) is 54.6 Å². The lowest BCUT2D eigenvalue weighted by Gasteiger charge is -2.36. The van der Waals surface area contributed by atoms with Crippen LogP contribution in [0, 0.1) is 0 Å². The van der Waals surface area contributed by atoms with E-state index in [0.29, 0.717) is 43.2 Å². The summed E-state index contributed by atoms with van der Waals surface area (Å²) in [4.78, 5) is 29.5. The van der Waals surface area contributed by atoms with Gasteiger partial charge in [0.2, 0.25) is 12.7 Å². The third kappa shape index (κ3) is 3.54. The Balaban J connectivity index is 1.39. The first-order valence-electron chi connectivity index (χ1n) is 9.70. The van der Waals surface area contributed by atoms with Crippen LogP contribution in [0.15, 0.2) is 48.5 Å². The Bertz CT molecular complexity index is 860. The van der Waals surface area contributed by atoms with E-state index in [4.69, 9.17) is 9.47 Å². The van der Waals surface area contributed by atoms with Crippen molar-refractivity contribution in [2.45, 2.75) is 19.3 Å². The Morgan fingerprint density at radius 3 is 2.32 bits per heavy atom. The van der Waals surface area contributed by atoms with Gasteiger partial charge < -0.3 is 19.3 Å². The second-order valence-corrected chi connectivity index (χ2v) is 7.06. The molecule has 1 fully saturated rings. The van der Waals surface area contributed by atoms with Gasteiger partial charge in [-0.3, -0.25) is 9.59 Å². The van der Waals surface area contributed by atoms with E-state index in [0.717, 1.165) is 12.0 Å². The monoisotopic (exact) mass is 380 g/mol. The minimum absolute atomic E-state index is 0.0412. The van der Waals surface area contributed by atoms with Crippen molar-refractivity contribution in [3.05, 3.63) is 59.7 Å². The summed E-state index contributed by atoms with van der Waals surface area (Å²) in [5.74, 6) is 1.24. The molecule has 0 unspecified atom stereocenters. The smallest absolute Gasteiger partial charge is 0.254 e. The Morgan fingerprint density at radius 2 is 1.61 bits per heavy atom. The highest BCUT2D eigenvalue weighted by Crippen LogP contribution is 2.33. The van der Waals surface area contributed by atoms with Gasteiger partial charge in [0.25, 0.3) is 5.91 Å². The number of benzene rings is 2. The maximum Gasteiger partial charge on any atom is 0.254 e. The molecule has 1 saturated heterocycles. The molecule has 0 bridgehead atoms. The van der Waals surface area contributed by atoms with E-state index in [2.05, 4.69) is 0 Å². The molecule has 28 heavy (non-hydrogen) atoms. The van der Waals surface area contributed by atoms with Crippen molar-refractivity contribution < 1.29 is 19.1 Å². The molecule has 6 heteroatoms. The molecule has 6 nitrogen and oxygen atoms in total. The third-order valence-corrected chi connectivity index (χ3v) is 5.41. The minimum Gasteiger partial charge on any atom is -0.454 e. The van der Waals surface area contributed by atoms with Crippen LogP contribution in [0.5, 0.6) is 11.5 Å². The van der Waals surface area contributed by atoms with Crippen molar-refractivity contribution in [3.8, 4) is 11.5 Å². The van der Waals surface area contributed by atoms with Crippen LogP contribution in [0.3, 0.4) is 0 Å². The molecule has 2 aliphatic heterocycles. The molecule has 0 radical (unpaired) electrons. The number of hydrogen-bond donors (Lipinski definition) is 0. The van der Waals surface area contributed by atoms with E-state index in [1.165, 1.54) is 0 Å². The maximum absolute atomic E-state index is 13.0. The zero-order chi connectivity index (χ0) is 19.5.